The van der Waals surface area contributed by atoms with Gasteiger partial charge in [-0.25, -0.2) is 0 Å². The number of hydrogen-bond donors (Lipinski definition) is 1. The molecule has 0 radical (unpaired) electrons. The molecule has 0 heterocycles. The average molecular weight is 245 g/mol. The molecule has 17 heavy (non-hydrogen) atoms. The first-order valence-corrected chi connectivity index (χ1v) is 6.42. The zero-order valence-electron chi connectivity index (χ0n) is 11.5. The Balaban J connectivity index is 3.26. The molecule has 4 heteroatoms. The number of amides is 1. The summed E-state index contributed by atoms with van der Waals surface area (Å²) in [5.74, 6) is -0.424. The molecular formula is C13H27NO3. The Labute approximate surface area is 105 Å². The molecule has 0 bridgehead atoms. The summed E-state index contributed by atoms with van der Waals surface area (Å²) in [7, 11) is 0. The average Bonchev–Trinajstić information content (AvgIpc) is 2.21. The zero-order valence-corrected chi connectivity index (χ0v) is 11.5. The van der Waals surface area contributed by atoms with Crippen molar-refractivity contribution in [3.63, 3.8) is 0 Å². The molecule has 102 valence electrons. The molecule has 0 atom stereocenters. The van der Waals surface area contributed by atoms with Crippen LogP contribution in [0.1, 0.15) is 46.5 Å². The smallest absolute Gasteiger partial charge is 0.243 e. The van der Waals surface area contributed by atoms with Crippen LogP contribution in [-0.4, -0.2) is 32.3 Å². The topological polar surface area (TPSA) is 61.6 Å². The molecule has 0 spiro atoms. The third-order valence-corrected chi connectivity index (χ3v) is 2.67. The maximum atomic E-state index is 10.4. The molecule has 0 rings (SSSR count). The van der Waals surface area contributed by atoms with E-state index in [4.69, 9.17) is 15.2 Å². The second-order valence-corrected chi connectivity index (χ2v) is 5.15. The molecule has 4 nitrogen and oxygen atoms in total. The second-order valence-electron chi connectivity index (χ2n) is 5.15. The molecule has 0 aliphatic rings. The van der Waals surface area contributed by atoms with Crippen LogP contribution in [0.3, 0.4) is 0 Å². The van der Waals surface area contributed by atoms with Gasteiger partial charge < -0.3 is 15.2 Å². The van der Waals surface area contributed by atoms with Gasteiger partial charge in [-0.15, -0.1) is 0 Å². The summed E-state index contributed by atoms with van der Waals surface area (Å²) >= 11 is 0. The van der Waals surface area contributed by atoms with Crippen LogP contribution in [0, 0.1) is 5.41 Å². The monoisotopic (exact) mass is 245 g/mol. The van der Waals surface area contributed by atoms with Crippen LogP contribution in [0.2, 0.25) is 0 Å². The third-order valence-electron chi connectivity index (χ3n) is 2.67. The maximum Gasteiger partial charge on any atom is 0.243 e. The highest BCUT2D eigenvalue weighted by molar-refractivity contribution is 5.74. The number of carbonyl (C=O) groups excluding carboxylic acids is 1. The molecule has 0 unspecified atom stereocenters. The maximum absolute atomic E-state index is 10.4. The van der Waals surface area contributed by atoms with Gasteiger partial charge in [0.25, 0.3) is 0 Å². The van der Waals surface area contributed by atoms with Gasteiger partial charge in [0, 0.05) is 19.8 Å². The van der Waals surface area contributed by atoms with Crippen LogP contribution in [0.4, 0.5) is 0 Å². The lowest BCUT2D eigenvalue weighted by molar-refractivity contribution is -0.122. The van der Waals surface area contributed by atoms with Gasteiger partial charge in [0.2, 0.25) is 5.91 Å². The number of hydrogen-bond acceptors (Lipinski definition) is 3. The predicted molar refractivity (Wildman–Crippen MR) is 68.8 cm³/mol. The molecular weight excluding hydrogens is 218 g/mol. The minimum absolute atomic E-state index is 0.00350. The fraction of sp³-hybridized carbons (Fsp3) is 0.923. The lowest BCUT2D eigenvalue weighted by Crippen LogP contribution is -2.19. The summed E-state index contributed by atoms with van der Waals surface area (Å²) in [4.78, 5) is 10.4. The van der Waals surface area contributed by atoms with Crippen molar-refractivity contribution >= 4 is 5.91 Å². The first-order valence-electron chi connectivity index (χ1n) is 6.42. The molecule has 0 aromatic heterocycles. The summed E-state index contributed by atoms with van der Waals surface area (Å²) in [6, 6.07) is 0. The normalized spacial score (nSPS) is 11.7. The highest BCUT2D eigenvalue weighted by Gasteiger charge is 2.15. The molecule has 0 aliphatic carbocycles. The third kappa shape index (κ3) is 11.6. The molecule has 0 aromatic carbocycles. The van der Waals surface area contributed by atoms with Gasteiger partial charge >= 0.3 is 0 Å². The van der Waals surface area contributed by atoms with E-state index in [1.54, 1.807) is 0 Å². The molecule has 1 amide bonds. The van der Waals surface area contributed by atoms with Gasteiger partial charge in [-0.1, -0.05) is 27.2 Å². The quantitative estimate of drug-likeness (QED) is 0.567. The summed E-state index contributed by atoms with van der Waals surface area (Å²) in [5.41, 5.74) is 5.31. The van der Waals surface area contributed by atoms with Crippen molar-refractivity contribution in [2.75, 3.05) is 26.4 Å². The molecule has 0 saturated carbocycles. The van der Waals surface area contributed by atoms with E-state index in [0.29, 0.717) is 18.6 Å². The number of primary amides is 1. The van der Waals surface area contributed by atoms with Crippen molar-refractivity contribution in [3.05, 3.63) is 0 Å². The van der Waals surface area contributed by atoms with Gasteiger partial charge in [-0.05, 0) is 24.7 Å². The minimum Gasteiger partial charge on any atom is -0.381 e. The number of nitrogens with two attached hydrogens (primary N) is 1. The molecule has 0 aromatic rings. The van der Waals surface area contributed by atoms with Crippen molar-refractivity contribution in [1.29, 1.82) is 0 Å². The van der Waals surface area contributed by atoms with E-state index in [0.717, 1.165) is 19.4 Å². The van der Waals surface area contributed by atoms with Crippen molar-refractivity contribution < 1.29 is 14.3 Å². The van der Waals surface area contributed by atoms with Crippen molar-refractivity contribution in [1.82, 2.24) is 0 Å². The first kappa shape index (κ1) is 16.4. The van der Waals surface area contributed by atoms with E-state index in [9.17, 15) is 4.79 Å². The van der Waals surface area contributed by atoms with Crippen LogP contribution in [0.25, 0.3) is 0 Å². The molecule has 0 saturated heterocycles. The molecule has 0 aliphatic heterocycles. The predicted octanol–water partition coefficient (Wildman–Crippen LogP) is 2.11. The van der Waals surface area contributed by atoms with E-state index < -0.39 is 5.91 Å². The van der Waals surface area contributed by atoms with Gasteiger partial charge in [0.05, 0.1) is 0 Å². The summed E-state index contributed by atoms with van der Waals surface area (Å²) < 4.78 is 10.6. The van der Waals surface area contributed by atoms with Gasteiger partial charge in [-0.3, -0.25) is 4.79 Å². The fourth-order valence-corrected chi connectivity index (χ4v) is 1.69. The highest BCUT2D eigenvalue weighted by atomic mass is 16.5. The van der Waals surface area contributed by atoms with E-state index >= 15 is 0 Å². The van der Waals surface area contributed by atoms with E-state index in [-0.39, 0.29) is 6.61 Å². The van der Waals surface area contributed by atoms with E-state index in [2.05, 4.69) is 20.8 Å². The summed E-state index contributed by atoms with van der Waals surface area (Å²) in [6.07, 6.45) is 4.34. The largest absolute Gasteiger partial charge is 0.381 e. The summed E-state index contributed by atoms with van der Waals surface area (Å²) in [5, 5.41) is 0. The number of carbonyl (C=O) groups is 1. The standard InChI is InChI=1S/C13H27NO3/c1-4-6-13(2,3)7-10-16-8-5-9-17-11-12(14)15/h4-11H2,1-3H3,(H2,14,15). The molecule has 2 N–H and O–H groups in total. The van der Waals surface area contributed by atoms with Crippen molar-refractivity contribution in [3.8, 4) is 0 Å². The van der Waals surface area contributed by atoms with Crippen LogP contribution in [-0.2, 0) is 14.3 Å². The second kappa shape index (κ2) is 9.42. The highest BCUT2D eigenvalue weighted by Crippen LogP contribution is 2.26. The fourth-order valence-electron chi connectivity index (χ4n) is 1.69. The van der Waals surface area contributed by atoms with Gasteiger partial charge in [-0.2, -0.15) is 0 Å². The van der Waals surface area contributed by atoms with E-state index in [1.807, 2.05) is 0 Å². The van der Waals surface area contributed by atoms with Crippen LogP contribution >= 0.6 is 0 Å². The van der Waals surface area contributed by atoms with Crippen molar-refractivity contribution in [2.45, 2.75) is 46.5 Å². The Morgan fingerprint density at radius 1 is 1.12 bits per heavy atom. The minimum atomic E-state index is -0.424. The Kier molecular flexibility index (Phi) is 9.09. The summed E-state index contributed by atoms with van der Waals surface area (Å²) in [6.45, 7) is 8.76. The lowest BCUT2D eigenvalue weighted by Gasteiger charge is -2.23. The van der Waals surface area contributed by atoms with Crippen LogP contribution in [0.5, 0.6) is 0 Å². The Hall–Kier alpha value is -0.610. The van der Waals surface area contributed by atoms with Crippen LogP contribution in [0.15, 0.2) is 0 Å². The van der Waals surface area contributed by atoms with Gasteiger partial charge in [0.15, 0.2) is 0 Å². The Bertz CT molecular complexity index is 205. The first-order chi connectivity index (χ1) is 7.98. The van der Waals surface area contributed by atoms with E-state index in [1.165, 1.54) is 12.8 Å². The number of ether oxygens (including phenoxy) is 2. The SMILES string of the molecule is CCCC(C)(C)CCOCCCOCC(N)=O. The van der Waals surface area contributed by atoms with Gasteiger partial charge in [0.1, 0.15) is 6.61 Å². The van der Waals surface area contributed by atoms with Crippen LogP contribution < -0.4 is 5.73 Å². The Morgan fingerprint density at radius 2 is 1.76 bits per heavy atom. The molecule has 0 fully saturated rings. The van der Waals surface area contributed by atoms with Crippen molar-refractivity contribution in [2.24, 2.45) is 11.1 Å². The number of rotatable bonds is 11. The lowest BCUT2D eigenvalue weighted by atomic mass is 9.85. The zero-order chi connectivity index (χ0) is 13.1. The Morgan fingerprint density at radius 3 is 2.35 bits per heavy atom.